The molecule has 0 spiro atoms. The molecule has 1 N–H and O–H groups in total. The molecule has 3 heteroatoms. The number of carbonyl (C=O) groups is 1. The molecule has 17 heavy (non-hydrogen) atoms. The van der Waals surface area contributed by atoms with Crippen LogP contribution in [0.2, 0.25) is 0 Å². The number of ether oxygens (including phenoxy) is 1. The minimum Gasteiger partial charge on any atom is -0.462 e. The Hall–Kier alpha value is -0.570. The van der Waals surface area contributed by atoms with Crippen molar-refractivity contribution in [2.75, 3.05) is 0 Å². The predicted octanol–water partition coefficient (Wildman–Crippen LogP) is 2.39. The minimum absolute atomic E-state index is 0.0585. The number of hydrogen-bond acceptors (Lipinski definition) is 3. The smallest absolute Gasteiger partial charge is 0.306 e. The van der Waals surface area contributed by atoms with Crippen molar-refractivity contribution >= 4 is 5.97 Å². The fourth-order valence-corrected chi connectivity index (χ4v) is 3.82. The lowest BCUT2D eigenvalue weighted by Gasteiger charge is -2.28. The summed E-state index contributed by atoms with van der Waals surface area (Å²) in [4.78, 5) is 11.9. The van der Waals surface area contributed by atoms with Gasteiger partial charge in [0.2, 0.25) is 0 Å². The summed E-state index contributed by atoms with van der Waals surface area (Å²) >= 11 is 0. The van der Waals surface area contributed by atoms with Crippen molar-refractivity contribution < 1.29 is 9.53 Å². The minimum atomic E-state index is 0.0585. The van der Waals surface area contributed by atoms with E-state index in [-0.39, 0.29) is 12.1 Å². The van der Waals surface area contributed by atoms with Crippen LogP contribution in [0.1, 0.15) is 57.8 Å². The maximum atomic E-state index is 11.9. The summed E-state index contributed by atoms with van der Waals surface area (Å²) < 4.78 is 5.55. The Labute approximate surface area is 103 Å². The van der Waals surface area contributed by atoms with Gasteiger partial charge in [0, 0.05) is 18.5 Å². The molecule has 2 atom stereocenters. The Morgan fingerprint density at radius 1 is 1.06 bits per heavy atom. The van der Waals surface area contributed by atoms with Gasteiger partial charge in [-0.2, -0.15) is 0 Å². The monoisotopic (exact) mass is 237 g/mol. The van der Waals surface area contributed by atoms with E-state index in [1.54, 1.807) is 0 Å². The summed E-state index contributed by atoms with van der Waals surface area (Å²) in [5.74, 6) is 0.630. The normalized spacial score (nSPS) is 37.3. The highest BCUT2D eigenvalue weighted by Gasteiger charge is 2.34. The molecule has 2 heterocycles. The summed E-state index contributed by atoms with van der Waals surface area (Å²) in [5.41, 5.74) is 0. The van der Waals surface area contributed by atoms with Crippen LogP contribution in [0.5, 0.6) is 0 Å². The van der Waals surface area contributed by atoms with Crippen LogP contribution in [0.3, 0.4) is 0 Å². The van der Waals surface area contributed by atoms with Crippen molar-refractivity contribution in [3.8, 4) is 0 Å². The van der Waals surface area contributed by atoms with Crippen LogP contribution in [0, 0.1) is 5.92 Å². The molecule has 3 rings (SSSR count). The third-order valence-electron chi connectivity index (χ3n) is 4.63. The zero-order chi connectivity index (χ0) is 11.7. The second-order valence-electron chi connectivity index (χ2n) is 6.08. The number of esters is 1. The largest absolute Gasteiger partial charge is 0.462 e. The van der Waals surface area contributed by atoms with Crippen LogP contribution >= 0.6 is 0 Å². The van der Waals surface area contributed by atoms with E-state index in [1.165, 1.54) is 38.5 Å². The maximum absolute atomic E-state index is 11.9. The van der Waals surface area contributed by atoms with Crippen molar-refractivity contribution in [3.63, 3.8) is 0 Å². The number of piperidine rings is 1. The molecule has 0 aromatic rings. The molecule has 0 radical (unpaired) electrons. The molecule has 0 amide bonds. The van der Waals surface area contributed by atoms with Crippen LogP contribution < -0.4 is 5.32 Å². The van der Waals surface area contributed by atoms with Crippen LogP contribution in [-0.2, 0) is 9.53 Å². The van der Waals surface area contributed by atoms with Crippen LogP contribution in [0.4, 0.5) is 0 Å². The molecule has 3 nitrogen and oxygen atoms in total. The zero-order valence-electron chi connectivity index (χ0n) is 10.5. The first-order valence-corrected chi connectivity index (χ1v) is 7.25. The van der Waals surface area contributed by atoms with E-state index in [4.69, 9.17) is 4.74 Å². The number of hydrogen-bond donors (Lipinski definition) is 1. The Balaban J connectivity index is 1.44. The van der Waals surface area contributed by atoms with E-state index in [0.29, 0.717) is 24.4 Å². The van der Waals surface area contributed by atoms with Crippen molar-refractivity contribution in [3.05, 3.63) is 0 Å². The second-order valence-corrected chi connectivity index (χ2v) is 6.08. The van der Waals surface area contributed by atoms with E-state index in [9.17, 15) is 4.79 Å². The van der Waals surface area contributed by atoms with Gasteiger partial charge in [0.1, 0.15) is 6.10 Å². The highest BCUT2D eigenvalue weighted by atomic mass is 16.5. The van der Waals surface area contributed by atoms with Crippen molar-refractivity contribution in [2.24, 2.45) is 5.92 Å². The highest BCUT2D eigenvalue weighted by Crippen LogP contribution is 2.33. The SMILES string of the molecule is O=C(CC1CC2CCC(C1)N2)OC1CCCC1. The summed E-state index contributed by atoms with van der Waals surface area (Å²) in [6, 6.07) is 1.36. The fourth-order valence-electron chi connectivity index (χ4n) is 3.82. The molecule has 0 aromatic carbocycles. The molecular formula is C14H23NO2. The predicted molar refractivity (Wildman–Crippen MR) is 65.6 cm³/mol. The van der Waals surface area contributed by atoms with Gasteiger partial charge in [-0.15, -0.1) is 0 Å². The van der Waals surface area contributed by atoms with Gasteiger partial charge >= 0.3 is 5.97 Å². The molecule has 2 saturated heterocycles. The molecule has 2 aliphatic heterocycles. The lowest BCUT2D eigenvalue weighted by atomic mass is 9.90. The Morgan fingerprint density at radius 3 is 2.35 bits per heavy atom. The van der Waals surface area contributed by atoms with Gasteiger partial charge in [-0.3, -0.25) is 4.79 Å². The molecule has 2 unspecified atom stereocenters. The average molecular weight is 237 g/mol. The lowest BCUT2D eigenvalue weighted by Crippen LogP contribution is -2.38. The summed E-state index contributed by atoms with van der Waals surface area (Å²) in [6.45, 7) is 0. The van der Waals surface area contributed by atoms with Gasteiger partial charge in [-0.05, 0) is 57.3 Å². The van der Waals surface area contributed by atoms with Gasteiger partial charge in [0.15, 0.2) is 0 Å². The third kappa shape index (κ3) is 2.82. The van der Waals surface area contributed by atoms with Gasteiger partial charge < -0.3 is 10.1 Å². The first-order chi connectivity index (χ1) is 8.29. The quantitative estimate of drug-likeness (QED) is 0.766. The maximum Gasteiger partial charge on any atom is 0.306 e. The first-order valence-electron chi connectivity index (χ1n) is 7.25. The lowest BCUT2D eigenvalue weighted by molar-refractivity contribution is -0.150. The van der Waals surface area contributed by atoms with Crippen molar-refractivity contribution in [2.45, 2.75) is 76.0 Å². The van der Waals surface area contributed by atoms with Crippen LogP contribution in [-0.4, -0.2) is 24.2 Å². The number of fused-ring (bicyclic) bond motifs is 2. The zero-order valence-corrected chi connectivity index (χ0v) is 10.5. The number of nitrogens with one attached hydrogen (secondary N) is 1. The van der Waals surface area contributed by atoms with E-state index in [2.05, 4.69) is 5.32 Å². The standard InChI is InChI=1S/C14H23NO2/c16-14(17-13-3-1-2-4-13)9-10-7-11-5-6-12(8-10)15-11/h10-13,15H,1-9H2. The van der Waals surface area contributed by atoms with Gasteiger partial charge in [0.25, 0.3) is 0 Å². The topological polar surface area (TPSA) is 38.3 Å². The Morgan fingerprint density at radius 2 is 1.71 bits per heavy atom. The average Bonchev–Trinajstić information content (AvgIpc) is 2.89. The van der Waals surface area contributed by atoms with Crippen LogP contribution in [0.15, 0.2) is 0 Å². The molecule has 3 aliphatic rings. The van der Waals surface area contributed by atoms with Crippen molar-refractivity contribution in [1.82, 2.24) is 5.32 Å². The van der Waals surface area contributed by atoms with E-state index in [0.717, 1.165) is 12.8 Å². The molecule has 96 valence electrons. The molecule has 1 aliphatic carbocycles. The van der Waals surface area contributed by atoms with Crippen LogP contribution in [0.25, 0.3) is 0 Å². The highest BCUT2D eigenvalue weighted by molar-refractivity contribution is 5.70. The summed E-state index contributed by atoms with van der Waals surface area (Å²) in [6.07, 6.45) is 10.5. The molecule has 1 saturated carbocycles. The van der Waals surface area contributed by atoms with Gasteiger partial charge in [-0.1, -0.05) is 0 Å². The second kappa shape index (κ2) is 4.97. The summed E-state index contributed by atoms with van der Waals surface area (Å²) in [5, 5.41) is 3.61. The molecular weight excluding hydrogens is 214 g/mol. The van der Waals surface area contributed by atoms with Crippen molar-refractivity contribution in [1.29, 1.82) is 0 Å². The Kier molecular flexibility index (Phi) is 3.37. The molecule has 3 fully saturated rings. The van der Waals surface area contributed by atoms with E-state index >= 15 is 0 Å². The first kappa shape index (κ1) is 11.5. The third-order valence-corrected chi connectivity index (χ3v) is 4.63. The van der Waals surface area contributed by atoms with E-state index < -0.39 is 0 Å². The number of rotatable bonds is 3. The Bertz CT molecular complexity index is 274. The summed E-state index contributed by atoms with van der Waals surface area (Å²) in [7, 11) is 0. The number of carbonyl (C=O) groups excluding carboxylic acids is 1. The van der Waals surface area contributed by atoms with E-state index in [1.807, 2.05) is 0 Å². The fraction of sp³-hybridized carbons (Fsp3) is 0.929. The molecule has 0 aromatic heterocycles. The van der Waals surface area contributed by atoms with Gasteiger partial charge in [-0.25, -0.2) is 0 Å². The van der Waals surface area contributed by atoms with Gasteiger partial charge in [0.05, 0.1) is 0 Å². The molecule has 2 bridgehead atoms.